The molecule has 0 unspecified atom stereocenters. The Kier molecular flexibility index (Phi) is 4.67. The summed E-state index contributed by atoms with van der Waals surface area (Å²) in [5, 5.41) is 4.27. The number of benzene rings is 1. The van der Waals surface area contributed by atoms with Gasteiger partial charge in [0.05, 0.1) is 16.1 Å². The lowest BCUT2D eigenvalue weighted by atomic mass is 9.96. The van der Waals surface area contributed by atoms with Gasteiger partial charge in [-0.25, -0.2) is 4.98 Å². The number of nitrogens with zero attached hydrogens (tertiary/aromatic N) is 2. The molecule has 6 heteroatoms. The molecule has 1 amide bonds. The van der Waals surface area contributed by atoms with Gasteiger partial charge in [0.2, 0.25) is 5.91 Å². The number of hydrogen-bond donors (Lipinski definition) is 1. The SMILES string of the molecule is O=C(NC1CCOCC1)[C@H]1CCCN(c2nc3ccccc3s2)C1. The molecule has 4 rings (SSSR count). The van der Waals surface area contributed by atoms with Gasteiger partial charge in [-0.05, 0) is 37.8 Å². The standard InChI is InChI=1S/C18H23N3O2S/c22-17(19-14-7-10-23-11-8-14)13-4-3-9-21(12-13)18-20-15-5-1-2-6-16(15)24-18/h1-2,5-6,13-14H,3-4,7-12H2,(H,19,22)/t13-/m0/s1. The van der Waals surface area contributed by atoms with Crippen molar-refractivity contribution in [3.05, 3.63) is 24.3 Å². The van der Waals surface area contributed by atoms with Crippen molar-refractivity contribution >= 4 is 32.6 Å². The van der Waals surface area contributed by atoms with Crippen LogP contribution >= 0.6 is 11.3 Å². The van der Waals surface area contributed by atoms with E-state index >= 15 is 0 Å². The van der Waals surface area contributed by atoms with Gasteiger partial charge in [-0.1, -0.05) is 23.5 Å². The van der Waals surface area contributed by atoms with Crippen molar-refractivity contribution in [3.8, 4) is 0 Å². The zero-order valence-electron chi connectivity index (χ0n) is 13.7. The van der Waals surface area contributed by atoms with Crippen LogP contribution in [0.2, 0.25) is 0 Å². The first kappa shape index (κ1) is 15.8. The first-order chi connectivity index (χ1) is 11.8. The van der Waals surface area contributed by atoms with Crippen LogP contribution in [0.1, 0.15) is 25.7 Å². The number of thiazole rings is 1. The maximum atomic E-state index is 12.6. The first-order valence-electron chi connectivity index (χ1n) is 8.78. The van der Waals surface area contributed by atoms with Gasteiger partial charge in [-0.3, -0.25) is 4.79 Å². The van der Waals surface area contributed by atoms with Crippen LogP contribution in [0.4, 0.5) is 5.13 Å². The number of carbonyl (C=O) groups excluding carboxylic acids is 1. The predicted molar refractivity (Wildman–Crippen MR) is 96.5 cm³/mol. The lowest BCUT2D eigenvalue weighted by Crippen LogP contribution is -2.47. The number of aromatic nitrogens is 1. The maximum absolute atomic E-state index is 12.6. The third-order valence-electron chi connectivity index (χ3n) is 4.91. The molecule has 2 fully saturated rings. The zero-order valence-corrected chi connectivity index (χ0v) is 14.6. The van der Waals surface area contributed by atoms with Gasteiger partial charge in [0.1, 0.15) is 0 Å². The highest BCUT2D eigenvalue weighted by atomic mass is 32.1. The molecular formula is C18H23N3O2S. The molecule has 0 radical (unpaired) electrons. The number of amides is 1. The number of piperidine rings is 1. The van der Waals surface area contributed by atoms with E-state index in [0.29, 0.717) is 0 Å². The van der Waals surface area contributed by atoms with Crippen LogP contribution in [0.15, 0.2) is 24.3 Å². The third kappa shape index (κ3) is 3.39. The smallest absolute Gasteiger partial charge is 0.225 e. The van der Waals surface area contributed by atoms with Crippen molar-refractivity contribution in [1.82, 2.24) is 10.3 Å². The fourth-order valence-electron chi connectivity index (χ4n) is 3.52. The highest BCUT2D eigenvalue weighted by Crippen LogP contribution is 2.31. The first-order valence-corrected chi connectivity index (χ1v) is 9.60. The van der Waals surface area contributed by atoms with E-state index in [1.807, 2.05) is 12.1 Å². The topological polar surface area (TPSA) is 54.5 Å². The van der Waals surface area contributed by atoms with Crippen LogP contribution in [-0.4, -0.2) is 43.2 Å². The van der Waals surface area contributed by atoms with Crippen LogP contribution in [0.25, 0.3) is 10.2 Å². The fourth-order valence-corrected chi connectivity index (χ4v) is 4.52. The van der Waals surface area contributed by atoms with Crippen molar-refractivity contribution in [3.63, 3.8) is 0 Å². The summed E-state index contributed by atoms with van der Waals surface area (Å²) >= 11 is 1.72. The number of fused-ring (bicyclic) bond motifs is 1. The molecule has 1 aromatic heterocycles. The van der Waals surface area contributed by atoms with E-state index < -0.39 is 0 Å². The molecule has 2 aromatic rings. The third-order valence-corrected chi connectivity index (χ3v) is 6.01. The lowest BCUT2D eigenvalue weighted by molar-refractivity contribution is -0.126. The fraction of sp³-hybridized carbons (Fsp3) is 0.556. The van der Waals surface area contributed by atoms with Crippen LogP contribution in [0.5, 0.6) is 0 Å². The Bertz CT molecular complexity index is 678. The molecule has 128 valence electrons. The van der Waals surface area contributed by atoms with E-state index in [9.17, 15) is 4.79 Å². The van der Waals surface area contributed by atoms with Crippen LogP contribution < -0.4 is 10.2 Å². The zero-order chi connectivity index (χ0) is 16.4. The molecule has 0 bridgehead atoms. The van der Waals surface area contributed by atoms with Gasteiger partial charge in [-0.15, -0.1) is 0 Å². The molecule has 0 spiro atoms. The summed E-state index contributed by atoms with van der Waals surface area (Å²) in [6, 6.07) is 8.50. The number of nitrogens with one attached hydrogen (secondary N) is 1. The van der Waals surface area contributed by atoms with Gasteiger partial charge < -0.3 is 15.0 Å². The number of anilines is 1. The molecule has 2 aliphatic heterocycles. The van der Waals surface area contributed by atoms with E-state index in [0.717, 1.165) is 62.6 Å². The minimum atomic E-state index is 0.0635. The molecule has 0 aliphatic carbocycles. The largest absolute Gasteiger partial charge is 0.381 e. The summed E-state index contributed by atoms with van der Waals surface area (Å²) in [5.41, 5.74) is 1.05. The molecule has 24 heavy (non-hydrogen) atoms. The molecule has 0 saturated carbocycles. The summed E-state index contributed by atoms with van der Waals surface area (Å²) in [4.78, 5) is 19.6. The minimum Gasteiger partial charge on any atom is -0.381 e. The summed E-state index contributed by atoms with van der Waals surface area (Å²) < 4.78 is 6.57. The van der Waals surface area contributed by atoms with Crippen molar-refractivity contribution in [2.45, 2.75) is 31.7 Å². The van der Waals surface area contributed by atoms with E-state index in [4.69, 9.17) is 9.72 Å². The number of ether oxygens (including phenoxy) is 1. The van der Waals surface area contributed by atoms with Gasteiger partial charge in [0, 0.05) is 32.3 Å². The Balaban J connectivity index is 1.42. The molecule has 2 saturated heterocycles. The van der Waals surface area contributed by atoms with E-state index in [2.05, 4.69) is 22.3 Å². The lowest BCUT2D eigenvalue weighted by Gasteiger charge is -2.33. The minimum absolute atomic E-state index is 0.0635. The normalized spacial score (nSPS) is 22.7. The quantitative estimate of drug-likeness (QED) is 0.929. The molecule has 1 N–H and O–H groups in total. The van der Waals surface area contributed by atoms with E-state index in [-0.39, 0.29) is 17.9 Å². The van der Waals surface area contributed by atoms with Crippen molar-refractivity contribution in [2.24, 2.45) is 5.92 Å². The molecular weight excluding hydrogens is 322 g/mol. The Hall–Kier alpha value is -1.66. The molecule has 3 heterocycles. The Labute approximate surface area is 146 Å². The molecule has 2 aliphatic rings. The second kappa shape index (κ2) is 7.07. The highest BCUT2D eigenvalue weighted by molar-refractivity contribution is 7.22. The van der Waals surface area contributed by atoms with Crippen LogP contribution in [-0.2, 0) is 9.53 Å². The monoisotopic (exact) mass is 345 g/mol. The second-order valence-electron chi connectivity index (χ2n) is 6.64. The summed E-state index contributed by atoms with van der Waals surface area (Å²) in [5.74, 6) is 0.265. The number of rotatable bonds is 3. The van der Waals surface area contributed by atoms with Crippen molar-refractivity contribution < 1.29 is 9.53 Å². The highest BCUT2D eigenvalue weighted by Gasteiger charge is 2.29. The Morgan fingerprint density at radius 2 is 2.08 bits per heavy atom. The molecule has 1 atom stereocenters. The van der Waals surface area contributed by atoms with Crippen molar-refractivity contribution in [1.29, 1.82) is 0 Å². The van der Waals surface area contributed by atoms with E-state index in [1.54, 1.807) is 11.3 Å². The van der Waals surface area contributed by atoms with E-state index in [1.165, 1.54) is 4.70 Å². The van der Waals surface area contributed by atoms with Gasteiger partial charge in [0.15, 0.2) is 5.13 Å². The summed E-state index contributed by atoms with van der Waals surface area (Å²) in [6.07, 6.45) is 3.87. The predicted octanol–water partition coefficient (Wildman–Crippen LogP) is 2.81. The van der Waals surface area contributed by atoms with Crippen LogP contribution in [0.3, 0.4) is 0 Å². The van der Waals surface area contributed by atoms with Gasteiger partial charge in [-0.2, -0.15) is 0 Å². The Morgan fingerprint density at radius 3 is 2.92 bits per heavy atom. The van der Waals surface area contributed by atoms with Gasteiger partial charge in [0.25, 0.3) is 0 Å². The number of para-hydroxylation sites is 1. The molecule has 5 nitrogen and oxygen atoms in total. The maximum Gasteiger partial charge on any atom is 0.225 e. The number of hydrogen-bond acceptors (Lipinski definition) is 5. The number of carbonyl (C=O) groups is 1. The van der Waals surface area contributed by atoms with Crippen LogP contribution in [0, 0.1) is 5.92 Å². The van der Waals surface area contributed by atoms with Gasteiger partial charge >= 0.3 is 0 Å². The molecule has 1 aromatic carbocycles. The summed E-state index contributed by atoms with van der Waals surface area (Å²) in [7, 11) is 0. The second-order valence-corrected chi connectivity index (χ2v) is 7.65. The van der Waals surface area contributed by atoms with Crippen molar-refractivity contribution in [2.75, 3.05) is 31.2 Å². The average molecular weight is 345 g/mol. The summed E-state index contributed by atoms with van der Waals surface area (Å²) in [6.45, 7) is 3.27. The Morgan fingerprint density at radius 1 is 1.25 bits per heavy atom. The average Bonchev–Trinajstić information content (AvgIpc) is 3.07.